The lowest BCUT2D eigenvalue weighted by atomic mass is 10.1. The van der Waals surface area contributed by atoms with Gasteiger partial charge in [0.15, 0.2) is 5.11 Å². The van der Waals surface area contributed by atoms with Crippen LogP contribution in [-0.2, 0) is 4.79 Å². The van der Waals surface area contributed by atoms with Gasteiger partial charge in [0.25, 0.3) is 5.69 Å². The Morgan fingerprint density at radius 1 is 0.838 bits per heavy atom. The Morgan fingerprint density at radius 2 is 1.49 bits per heavy atom. The van der Waals surface area contributed by atoms with E-state index in [0.29, 0.717) is 16.4 Å². The molecule has 0 aliphatic carbocycles. The molecular weight excluding hydrogens is 504 g/mol. The number of thiocarbonyl (C=S) groups is 1. The van der Waals surface area contributed by atoms with Crippen LogP contribution in [0.2, 0.25) is 0 Å². The van der Waals surface area contributed by atoms with Crippen LogP contribution in [0.4, 0.5) is 22.7 Å². The molecule has 3 N–H and O–H groups in total. The van der Waals surface area contributed by atoms with E-state index in [4.69, 9.17) is 12.2 Å². The van der Waals surface area contributed by atoms with Crippen molar-refractivity contribution in [2.45, 2.75) is 17.1 Å². The molecule has 186 valence electrons. The quantitative estimate of drug-likeness (QED) is 0.0964. The Balaban J connectivity index is 1.51. The van der Waals surface area contributed by atoms with E-state index in [1.54, 1.807) is 13.0 Å². The van der Waals surface area contributed by atoms with Crippen molar-refractivity contribution in [2.24, 2.45) is 0 Å². The minimum Gasteiger partial charge on any atom is -0.332 e. The maximum Gasteiger partial charge on any atom is 0.269 e. The van der Waals surface area contributed by atoms with Crippen molar-refractivity contribution in [3.63, 3.8) is 0 Å². The molecule has 0 saturated heterocycles. The van der Waals surface area contributed by atoms with Gasteiger partial charge in [0.1, 0.15) is 5.25 Å². The first-order chi connectivity index (χ1) is 17.9. The van der Waals surface area contributed by atoms with E-state index < -0.39 is 10.2 Å². The van der Waals surface area contributed by atoms with Crippen LogP contribution in [0.1, 0.15) is 16.4 Å². The Bertz CT molecular complexity index is 1420. The summed E-state index contributed by atoms with van der Waals surface area (Å²) >= 11 is 6.85. The fourth-order valence-corrected chi connectivity index (χ4v) is 4.92. The number of nitrogens with zero attached hydrogens (tertiary/aromatic N) is 1. The summed E-state index contributed by atoms with van der Waals surface area (Å²) in [4.78, 5) is 24.9. The number of carbonyl (C=O) groups is 1. The van der Waals surface area contributed by atoms with E-state index >= 15 is 0 Å². The van der Waals surface area contributed by atoms with E-state index in [1.165, 1.54) is 23.9 Å². The zero-order chi connectivity index (χ0) is 26.2. The minimum absolute atomic E-state index is 0.0199. The van der Waals surface area contributed by atoms with Gasteiger partial charge >= 0.3 is 0 Å². The number of nitro groups is 1. The summed E-state index contributed by atoms with van der Waals surface area (Å²) in [5.41, 5.74) is 3.64. The average Bonchev–Trinajstić information content (AvgIpc) is 2.89. The van der Waals surface area contributed by atoms with Crippen LogP contribution >= 0.6 is 24.0 Å². The van der Waals surface area contributed by atoms with E-state index in [9.17, 15) is 14.9 Å². The molecule has 37 heavy (non-hydrogen) atoms. The van der Waals surface area contributed by atoms with Gasteiger partial charge in [-0.05, 0) is 66.7 Å². The smallest absolute Gasteiger partial charge is 0.269 e. The molecule has 7 nitrogen and oxygen atoms in total. The summed E-state index contributed by atoms with van der Waals surface area (Å²) in [6.07, 6.45) is 0. The summed E-state index contributed by atoms with van der Waals surface area (Å²) in [7, 11) is 0. The number of nitrogens with one attached hydrogen (secondary N) is 3. The summed E-state index contributed by atoms with van der Waals surface area (Å²) in [5, 5.41) is 20.2. The van der Waals surface area contributed by atoms with Gasteiger partial charge in [-0.25, -0.2) is 0 Å². The van der Waals surface area contributed by atoms with Crippen molar-refractivity contribution in [3.8, 4) is 0 Å². The molecule has 1 amide bonds. The molecule has 0 fully saturated rings. The number of carbonyl (C=O) groups excluding carboxylic acids is 1. The van der Waals surface area contributed by atoms with Gasteiger partial charge in [0.05, 0.1) is 4.92 Å². The third-order valence-electron chi connectivity index (χ3n) is 5.40. The minimum atomic E-state index is -0.555. The highest BCUT2D eigenvalue weighted by molar-refractivity contribution is 8.00. The molecule has 0 bridgehead atoms. The highest BCUT2D eigenvalue weighted by atomic mass is 32.2. The van der Waals surface area contributed by atoms with Crippen LogP contribution in [-0.4, -0.2) is 15.9 Å². The number of hydrogen-bond donors (Lipinski definition) is 3. The van der Waals surface area contributed by atoms with Crippen LogP contribution in [0.15, 0.2) is 108 Å². The van der Waals surface area contributed by atoms with Gasteiger partial charge < -0.3 is 16.0 Å². The molecule has 0 aliphatic rings. The molecule has 0 heterocycles. The number of rotatable bonds is 8. The summed E-state index contributed by atoms with van der Waals surface area (Å²) in [6.45, 7) is 1.73. The van der Waals surface area contributed by atoms with Gasteiger partial charge in [0.2, 0.25) is 5.91 Å². The summed E-state index contributed by atoms with van der Waals surface area (Å²) in [6, 6.07) is 31.2. The topological polar surface area (TPSA) is 96.3 Å². The number of amides is 1. The zero-order valence-corrected chi connectivity index (χ0v) is 21.5. The number of anilines is 3. The average molecular weight is 529 g/mol. The van der Waals surface area contributed by atoms with Crippen molar-refractivity contribution in [3.05, 3.63) is 124 Å². The number of aryl methyl sites for hydroxylation is 1. The number of non-ortho nitro benzene ring substituents is 1. The Morgan fingerprint density at radius 3 is 2.16 bits per heavy atom. The van der Waals surface area contributed by atoms with Gasteiger partial charge in [-0.1, -0.05) is 54.6 Å². The third kappa shape index (κ3) is 7.16. The lowest BCUT2D eigenvalue weighted by Gasteiger charge is -2.18. The molecule has 0 aliphatic heterocycles. The van der Waals surface area contributed by atoms with Crippen LogP contribution in [0.5, 0.6) is 0 Å². The SMILES string of the molecule is Cc1cc([N+](=O)[O-])ccc1NC(=O)C(Sc1cccc(NC(=S)Nc2ccccc2)c1)c1ccccc1. The van der Waals surface area contributed by atoms with E-state index in [1.807, 2.05) is 84.9 Å². The molecule has 4 aromatic rings. The molecule has 0 spiro atoms. The van der Waals surface area contributed by atoms with Gasteiger partial charge in [-0.2, -0.15) is 0 Å². The van der Waals surface area contributed by atoms with E-state index in [0.717, 1.165) is 21.8 Å². The van der Waals surface area contributed by atoms with Crippen LogP contribution in [0.3, 0.4) is 0 Å². The normalized spacial score (nSPS) is 11.3. The maximum atomic E-state index is 13.4. The summed E-state index contributed by atoms with van der Waals surface area (Å²) in [5.74, 6) is -0.229. The molecule has 0 aromatic heterocycles. The number of thioether (sulfide) groups is 1. The number of para-hydroxylation sites is 1. The highest BCUT2D eigenvalue weighted by Crippen LogP contribution is 2.37. The van der Waals surface area contributed by atoms with Crippen molar-refractivity contribution >= 4 is 57.7 Å². The van der Waals surface area contributed by atoms with Crippen molar-refractivity contribution in [1.29, 1.82) is 0 Å². The Labute approximate surface area is 224 Å². The van der Waals surface area contributed by atoms with Crippen molar-refractivity contribution in [2.75, 3.05) is 16.0 Å². The monoisotopic (exact) mass is 528 g/mol. The second-order valence-electron chi connectivity index (χ2n) is 8.13. The molecular formula is C28H24N4O3S2. The van der Waals surface area contributed by atoms with Crippen molar-refractivity contribution in [1.82, 2.24) is 0 Å². The molecule has 1 atom stereocenters. The molecule has 9 heteroatoms. The number of hydrogen-bond acceptors (Lipinski definition) is 5. The predicted molar refractivity (Wildman–Crippen MR) is 154 cm³/mol. The maximum absolute atomic E-state index is 13.4. The fourth-order valence-electron chi connectivity index (χ4n) is 3.60. The fraction of sp³-hybridized carbons (Fsp3) is 0.0714. The molecule has 4 aromatic carbocycles. The second-order valence-corrected chi connectivity index (χ2v) is 9.71. The lowest BCUT2D eigenvalue weighted by Crippen LogP contribution is -2.20. The molecule has 0 radical (unpaired) electrons. The Kier molecular flexibility index (Phi) is 8.50. The lowest BCUT2D eigenvalue weighted by molar-refractivity contribution is -0.384. The molecule has 4 rings (SSSR count). The van der Waals surface area contributed by atoms with Crippen LogP contribution in [0.25, 0.3) is 0 Å². The standard InChI is InChI=1S/C28H24N4O3S2/c1-19-17-23(32(34)35)15-16-25(19)31-27(33)26(20-9-4-2-5-10-20)37-24-14-8-13-22(18-24)30-28(36)29-21-11-6-3-7-12-21/h2-18,26H,1H3,(H,31,33)(H2,29,30,36). The zero-order valence-electron chi connectivity index (χ0n) is 19.9. The van der Waals surface area contributed by atoms with Crippen molar-refractivity contribution < 1.29 is 9.72 Å². The van der Waals surface area contributed by atoms with Gasteiger partial charge in [0, 0.05) is 34.1 Å². The first-order valence-corrected chi connectivity index (χ1v) is 12.7. The first-order valence-electron chi connectivity index (χ1n) is 11.4. The van der Waals surface area contributed by atoms with E-state index in [-0.39, 0.29) is 11.6 Å². The van der Waals surface area contributed by atoms with E-state index in [2.05, 4.69) is 16.0 Å². The third-order valence-corrected chi connectivity index (χ3v) is 6.85. The number of benzene rings is 4. The van der Waals surface area contributed by atoms with Gasteiger partial charge in [-0.3, -0.25) is 14.9 Å². The van der Waals surface area contributed by atoms with Crippen LogP contribution < -0.4 is 16.0 Å². The largest absolute Gasteiger partial charge is 0.332 e. The first kappa shape index (κ1) is 25.9. The number of nitro benzene ring substituents is 1. The highest BCUT2D eigenvalue weighted by Gasteiger charge is 2.23. The molecule has 1 unspecified atom stereocenters. The summed E-state index contributed by atoms with van der Waals surface area (Å²) < 4.78 is 0. The van der Waals surface area contributed by atoms with Crippen LogP contribution in [0, 0.1) is 17.0 Å². The second kappa shape index (κ2) is 12.2. The Hall–Kier alpha value is -4.21. The van der Waals surface area contributed by atoms with Gasteiger partial charge in [-0.15, -0.1) is 11.8 Å². The molecule has 0 saturated carbocycles. The predicted octanol–water partition coefficient (Wildman–Crippen LogP) is 7.18.